The number of anilines is 1. The zero-order valence-corrected chi connectivity index (χ0v) is 16.1. The summed E-state index contributed by atoms with van der Waals surface area (Å²) in [6.07, 6.45) is 0.722. The van der Waals surface area contributed by atoms with Crippen molar-refractivity contribution in [2.75, 3.05) is 18.9 Å². The number of thiocarbonyl (C=S) groups is 1. The number of nitrogens with zero attached hydrogens (tertiary/aromatic N) is 2. The third-order valence-corrected chi connectivity index (χ3v) is 5.03. The van der Waals surface area contributed by atoms with Crippen LogP contribution < -0.4 is 5.73 Å². The van der Waals surface area contributed by atoms with Gasteiger partial charge in [0.15, 0.2) is 5.11 Å². The smallest absolute Gasteiger partial charge is 0.305 e. The Bertz CT molecular complexity index is 1080. The first kappa shape index (κ1) is 18.2. The van der Waals surface area contributed by atoms with E-state index in [-0.39, 0.29) is 18.3 Å². The molecule has 0 unspecified atom stereocenters. The van der Waals surface area contributed by atoms with Gasteiger partial charge in [-0.1, -0.05) is 0 Å². The highest BCUT2D eigenvalue weighted by molar-refractivity contribution is 7.80. The van der Waals surface area contributed by atoms with Gasteiger partial charge in [0, 0.05) is 29.6 Å². The van der Waals surface area contributed by atoms with Crippen LogP contribution in [0.5, 0.6) is 0 Å². The van der Waals surface area contributed by atoms with Crippen LogP contribution in [-0.4, -0.2) is 39.6 Å². The third-order valence-electron chi connectivity index (χ3n) is 4.63. The van der Waals surface area contributed by atoms with Gasteiger partial charge in [0.2, 0.25) is 5.71 Å². The second kappa shape index (κ2) is 7.12. The van der Waals surface area contributed by atoms with Gasteiger partial charge in [-0.2, -0.15) is 0 Å². The highest BCUT2D eigenvalue weighted by Crippen LogP contribution is 2.33. The topological polar surface area (TPSA) is 90.7 Å². The van der Waals surface area contributed by atoms with Gasteiger partial charge >= 0.3 is 5.97 Å². The van der Waals surface area contributed by atoms with Crippen molar-refractivity contribution in [2.24, 2.45) is 0 Å². The molecule has 1 aromatic carbocycles. The summed E-state index contributed by atoms with van der Waals surface area (Å²) in [5.41, 5.74) is 8.31. The molecule has 0 saturated heterocycles. The lowest BCUT2D eigenvalue weighted by Crippen LogP contribution is -2.32. The number of rotatable bonds is 6. The van der Waals surface area contributed by atoms with Gasteiger partial charge < -0.3 is 14.9 Å². The molecule has 2 N–H and O–H groups in total. The Hall–Kier alpha value is -3.13. The van der Waals surface area contributed by atoms with Crippen molar-refractivity contribution in [3.05, 3.63) is 42.1 Å². The van der Waals surface area contributed by atoms with E-state index in [2.05, 4.69) is 0 Å². The Labute approximate surface area is 166 Å². The molecular formula is C20H19N3O4S. The Kier molecular flexibility index (Phi) is 4.64. The van der Waals surface area contributed by atoms with E-state index in [1.54, 1.807) is 29.7 Å². The van der Waals surface area contributed by atoms with Crippen LogP contribution in [0.1, 0.15) is 30.3 Å². The summed E-state index contributed by atoms with van der Waals surface area (Å²) in [4.78, 5) is 25.7. The van der Waals surface area contributed by atoms with Crippen molar-refractivity contribution in [1.82, 2.24) is 9.47 Å². The molecule has 144 valence electrons. The third kappa shape index (κ3) is 3.05. The Morgan fingerprint density at radius 2 is 2.00 bits per heavy atom. The SMILES string of the molecule is CCOC(=O)CCCN1C(=O)c2cc3cc(-c4ccc(N)cc4)oc3n2C1=S. The van der Waals surface area contributed by atoms with E-state index in [9.17, 15) is 9.59 Å². The van der Waals surface area contributed by atoms with Gasteiger partial charge in [-0.05, 0) is 62.0 Å². The highest BCUT2D eigenvalue weighted by atomic mass is 32.1. The number of furan rings is 1. The van der Waals surface area contributed by atoms with E-state index >= 15 is 0 Å². The Balaban J connectivity index is 1.56. The van der Waals surface area contributed by atoms with E-state index < -0.39 is 0 Å². The van der Waals surface area contributed by atoms with E-state index in [0.717, 1.165) is 10.9 Å². The lowest BCUT2D eigenvalue weighted by atomic mass is 10.1. The molecule has 0 radical (unpaired) electrons. The molecule has 1 amide bonds. The number of carbonyl (C=O) groups is 2. The molecule has 28 heavy (non-hydrogen) atoms. The van der Waals surface area contributed by atoms with Gasteiger partial charge in [0.1, 0.15) is 11.5 Å². The predicted octanol–water partition coefficient (Wildman–Crippen LogP) is 3.42. The van der Waals surface area contributed by atoms with Gasteiger partial charge in [-0.15, -0.1) is 0 Å². The van der Waals surface area contributed by atoms with Crippen molar-refractivity contribution < 1.29 is 18.7 Å². The van der Waals surface area contributed by atoms with Gasteiger partial charge in [-0.25, -0.2) is 0 Å². The normalized spacial score (nSPS) is 13.4. The molecule has 7 nitrogen and oxygen atoms in total. The summed E-state index contributed by atoms with van der Waals surface area (Å²) in [6, 6.07) is 11.0. The van der Waals surface area contributed by atoms with Crippen molar-refractivity contribution in [3.63, 3.8) is 0 Å². The maximum atomic E-state index is 12.7. The summed E-state index contributed by atoms with van der Waals surface area (Å²) in [6.45, 7) is 2.46. The fraction of sp³-hybridized carbons (Fsp3) is 0.250. The van der Waals surface area contributed by atoms with Crippen molar-refractivity contribution in [2.45, 2.75) is 19.8 Å². The number of hydrogen-bond donors (Lipinski definition) is 1. The van der Waals surface area contributed by atoms with Crippen LogP contribution >= 0.6 is 12.2 Å². The number of nitrogen functional groups attached to an aromatic ring is 1. The Morgan fingerprint density at radius 1 is 1.25 bits per heavy atom. The molecule has 0 atom stereocenters. The number of carbonyl (C=O) groups excluding carboxylic acids is 2. The largest absolute Gasteiger partial charge is 0.466 e. The quantitative estimate of drug-likeness (QED) is 0.389. The molecule has 2 aromatic heterocycles. The first-order valence-corrected chi connectivity index (χ1v) is 9.43. The molecule has 3 heterocycles. The maximum absolute atomic E-state index is 12.7. The summed E-state index contributed by atoms with van der Waals surface area (Å²) >= 11 is 5.50. The van der Waals surface area contributed by atoms with Crippen LogP contribution in [0, 0.1) is 0 Å². The number of amides is 1. The van der Waals surface area contributed by atoms with E-state index in [1.807, 2.05) is 18.2 Å². The van der Waals surface area contributed by atoms with Crippen molar-refractivity contribution in [3.8, 4) is 11.3 Å². The fourth-order valence-corrected chi connectivity index (χ4v) is 3.65. The summed E-state index contributed by atoms with van der Waals surface area (Å²) in [5, 5.41) is 1.17. The zero-order chi connectivity index (χ0) is 19.8. The molecule has 0 spiro atoms. The van der Waals surface area contributed by atoms with Crippen LogP contribution in [-0.2, 0) is 9.53 Å². The number of benzene rings is 1. The number of nitrogens with two attached hydrogens (primary N) is 1. The van der Waals surface area contributed by atoms with E-state index in [1.165, 1.54) is 4.90 Å². The number of esters is 1. The van der Waals surface area contributed by atoms with E-state index in [0.29, 0.717) is 47.5 Å². The predicted molar refractivity (Wildman–Crippen MR) is 109 cm³/mol. The molecule has 0 saturated carbocycles. The molecule has 0 fully saturated rings. The molecular weight excluding hydrogens is 378 g/mol. The average Bonchev–Trinajstić information content (AvgIpc) is 3.28. The van der Waals surface area contributed by atoms with Gasteiger partial charge in [-0.3, -0.25) is 19.1 Å². The van der Waals surface area contributed by atoms with Crippen LogP contribution in [0.15, 0.2) is 40.8 Å². The lowest BCUT2D eigenvalue weighted by molar-refractivity contribution is -0.143. The molecule has 1 aliphatic heterocycles. The standard InChI is InChI=1S/C20H19N3O4S/c1-2-26-17(24)4-3-9-22-18(25)15-10-13-11-16(12-5-7-14(21)8-6-12)27-19(13)23(15)20(22)28/h5-8,10-11H,2-4,9,21H2,1H3. The fourth-order valence-electron chi connectivity index (χ4n) is 3.29. The number of hydrogen-bond acceptors (Lipinski definition) is 6. The molecule has 0 bridgehead atoms. The molecule has 8 heteroatoms. The molecule has 4 rings (SSSR count). The first-order valence-electron chi connectivity index (χ1n) is 9.02. The number of ether oxygens (including phenoxy) is 1. The van der Waals surface area contributed by atoms with Crippen LogP contribution in [0.2, 0.25) is 0 Å². The Morgan fingerprint density at radius 3 is 2.71 bits per heavy atom. The number of aromatic nitrogens is 1. The van der Waals surface area contributed by atoms with Gasteiger partial charge in [0.05, 0.1) is 6.61 Å². The molecule has 3 aromatic rings. The lowest BCUT2D eigenvalue weighted by Gasteiger charge is -2.15. The van der Waals surface area contributed by atoms with E-state index in [4.69, 9.17) is 27.1 Å². The zero-order valence-electron chi connectivity index (χ0n) is 15.3. The minimum absolute atomic E-state index is 0.186. The summed E-state index contributed by atoms with van der Waals surface area (Å²) in [5.74, 6) is 0.215. The maximum Gasteiger partial charge on any atom is 0.305 e. The second-order valence-corrected chi connectivity index (χ2v) is 6.87. The van der Waals surface area contributed by atoms with Crippen LogP contribution in [0.4, 0.5) is 5.69 Å². The second-order valence-electron chi connectivity index (χ2n) is 6.51. The minimum Gasteiger partial charge on any atom is -0.466 e. The average molecular weight is 397 g/mol. The minimum atomic E-state index is -0.277. The van der Waals surface area contributed by atoms with Crippen molar-refractivity contribution in [1.29, 1.82) is 0 Å². The summed E-state index contributed by atoms with van der Waals surface area (Å²) in [7, 11) is 0. The molecule has 0 aliphatic carbocycles. The van der Waals surface area contributed by atoms with Gasteiger partial charge in [0.25, 0.3) is 5.91 Å². The highest BCUT2D eigenvalue weighted by Gasteiger charge is 2.35. The monoisotopic (exact) mass is 397 g/mol. The summed E-state index contributed by atoms with van der Waals surface area (Å²) < 4.78 is 12.6. The van der Waals surface area contributed by atoms with Crippen LogP contribution in [0.25, 0.3) is 22.4 Å². The van der Waals surface area contributed by atoms with Crippen LogP contribution in [0.3, 0.4) is 0 Å². The first-order chi connectivity index (χ1) is 13.5. The molecule has 1 aliphatic rings. The van der Waals surface area contributed by atoms with Crippen molar-refractivity contribution >= 4 is 46.0 Å². The number of fused-ring (bicyclic) bond motifs is 3.